The van der Waals surface area contributed by atoms with E-state index in [4.69, 9.17) is 26.1 Å². The SMILES string of the molecule is COc1ccc(-c2cc(C(=O)Nc3cccc(Cl)c3C)c3ccccc3n2)cc1OC. The molecule has 0 aliphatic carbocycles. The highest BCUT2D eigenvalue weighted by Crippen LogP contribution is 2.33. The number of ether oxygens (including phenoxy) is 2. The molecule has 3 aromatic carbocycles. The van der Waals surface area contributed by atoms with Gasteiger partial charge in [0.2, 0.25) is 0 Å². The summed E-state index contributed by atoms with van der Waals surface area (Å²) in [6.45, 7) is 1.87. The number of aromatic nitrogens is 1. The molecule has 1 amide bonds. The molecule has 1 aromatic heterocycles. The summed E-state index contributed by atoms with van der Waals surface area (Å²) >= 11 is 6.21. The molecule has 31 heavy (non-hydrogen) atoms. The minimum atomic E-state index is -0.231. The van der Waals surface area contributed by atoms with Crippen LogP contribution in [-0.4, -0.2) is 25.1 Å². The van der Waals surface area contributed by atoms with E-state index >= 15 is 0 Å². The molecule has 1 N–H and O–H groups in total. The maximum Gasteiger partial charge on any atom is 0.256 e. The lowest BCUT2D eigenvalue weighted by Gasteiger charge is -2.13. The van der Waals surface area contributed by atoms with E-state index in [0.29, 0.717) is 33.5 Å². The first-order valence-corrected chi connectivity index (χ1v) is 10.1. The maximum absolute atomic E-state index is 13.3. The number of halogens is 1. The van der Waals surface area contributed by atoms with Crippen LogP contribution in [0.15, 0.2) is 66.7 Å². The van der Waals surface area contributed by atoms with Gasteiger partial charge in [-0.2, -0.15) is 0 Å². The first kappa shape index (κ1) is 20.7. The molecule has 0 atom stereocenters. The van der Waals surface area contributed by atoms with Crippen LogP contribution < -0.4 is 14.8 Å². The fraction of sp³-hybridized carbons (Fsp3) is 0.120. The molecule has 0 saturated heterocycles. The van der Waals surface area contributed by atoms with Crippen molar-refractivity contribution in [3.63, 3.8) is 0 Å². The number of pyridine rings is 1. The Morgan fingerprint density at radius 2 is 1.71 bits per heavy atom. The van der Waals surface area contributed by atoms with Gasteiger partial charge in [-0.15, -0.1) is 0 Å². The number of hydrogen-bond acceptors (Lipinski definition) is 4. The zero-order chi connectivity index (χ0) is 22.0. The lowest BCUT2D eigenvalue weighted by molar-refractivity contribution is 0.102. The number of anilines is 1. The Morgan fingerprint density at radius 3 is 2.48 bits per heavy atom. The van der Waals surface area contributed by atoms with Crippen molar-refractivity contribution < 1.29 is 14.3 Å². The molecule has 5 nitrogen and oxygen atoms in total. The minimum absolute atomic E-state index is 0.231. The van der Waals surface area contributed by atoms with Crippen molar-refractivity contribution >= 4 is 34.1 Å². The summed E-state index contributed by atoms with van der Waals surface area (Å²) in [5.41, 5.74) is 4.21. The molecule has 0 radical (unpaired) electrons. The highest BCUT2D eigenvalue weighted by atomic mass is 35.5. The molecular formula is C25H21ClN2O3. The molecule has 0 saturated carbocycles. The smallest absolute Gasteiger partial charge is 0.256 e. The zero-order valence-electron chi connectivity index (χ0n) is 17.4. The number of nitrogens with one attached hydrogen (secondary N) is 1. The van der Waals surface area contributed by atoms with Gasteiger partial charge in [-0.1, -0.05) is 35.9 Å². The number of benzene rings is 3. The number of para-hydroxylation sites is 1. The van der Waals surface area contributed by atoms with Crippen molar-refractivity contribution in [3.8, 4) is 22.8 Å². The average Bonchev–Trinajstić information content (AvgIpc) is 2.80. The number of carbonyl (C=O) groups is 1. The van der Waals surface area contributed by atoms with E-state index in [1.54, 1.807) is 26.4 Å². The van der Waals surface area contributed by atoms with Gasteiger partial charge in [0, 0.05) is 21.7 Å². The van der Waals surface area contributed by atoms with Gasteiger partial charge < -0.3 is 14.8 Å². The summed E-state index contributed by atoms with van der Waals surface area (Å²) in [6, 6.07) is 20.4. The summed E-state index contributed by atoms with van der Waals surface area (Å²) in [6.07, 6.45) is 0. The van der Waals surface area contributed by atoms with Gasteiger partial charge in [0.25, 0.3) is 5.91 Å². The van der Waals surface area contributed by atoms with Gasteiger partial charge >= 0.3 is 0 Å². The van der Waals surface area contributed by atoms with Crippen LogP contribution in [0.5, 0.6) is 11.5 Å². The van der Waals surface area contributed by atoms with Crippen molar-refractivity contribution in [2.45, 2.75) is 6.92 Å². The van der Waals surface area contributed by atoms with E-state index in [1.165, 1.54) is 0 Å². The van der Waals surface area contributed by atoms with Crippen LogP contribution in [0.3, 0.4) is 0 Å². The topological polar surface area (TPSA) is 60.5 Å². The first-order valence-electron chi connectivity index (χ1n) is 9.70. The molecule has 0 aliphatic heterocycles. The summed E-state index contributed by atoms with van der Waals surface area (Å²) < 4.78 is 10.7. The molecule has 6 heteroatoms. The highest BCUT2D eigenvalue weighted by Gasteiger charge is 2.16. The standard InChI is InChI=1S/C25H21ClN2O3/c1-15-19(26)8-6-10-20(15)28-25(29)18-14-22(27-21-9-5-4-7-17(18)21)16-11-12-23(30-2)24(13-16)31-3/h4-14H,1-3H3,(H,28,29). The molecule has 0 spiro atoms. The van der Waals surface area contributed by atoms with Gasteiger partial charge in [-0.3, -0.25) is 4.79 Å². The Bertz CT molecular complexity index is 1290. The number of amides is 1. The summed E-state index contributed by atoms with van der Waals surface area (Å²) in [7, 11) is 3.17. The molecular weight excluding hydrogens is 412 g/mol. The fourth-order valence-corrected chi connectivity index (χ4v) is 3.61. The molecule has 1 heterocycles. The minimum Gasteiger partial charge on any atom is -0.493 e. The Hall–Kier alpha value is -3.57. The first-order chi connectivity index (χ1) is 15.0. The van der Waals surface area contributed by atoms with E-state index in [0.717, 1.165) is 22.0 Å². The van der Waals surface area contributed by atoms with Crippen molar-refractivity contribution in [2.24, 2.45) is 0 Å². The largest absolute Gasteiger partial charge is 0.493 e. The molecule has 0 fully saturated rings. The third kappa shape index (κ3) is 4.05. The average molecular weight is 433 g/mol. The van der Waals surface area contributed by atoms with E-state index in [-0.39, 0.29) is 5.91 Å². The highest BCUT2D eigenvalue weighted by molar-refractivity contribution is 6.31. The number of rotatable bonds is 5. The summed E-state index contributed by atoms with van der Waals surface area (Å²) in [5, 5.41) is 4.35. The monoisotopic (exact) mass is 432 g/mol. The predicted octanol–water partition coefficient (Wildman–Crippen LogP) is 6.13. The number of fused-ring (bicyclic) bond motifs is 1. The van der Waals surface area contributed by atoms with Gasteiger partial charge in [0.05, 0.1) is 31.0 Å². The Labute approximate surface area is 185 Å². The van der Waals surface area contributed by atoms with Gasteiger partial charge in [0.15, 0.2) is 11.5 Å². The number of carbonyl (C=O) groups excluding carboxylic acids is 1. The van der Waals surface area contributed by atoms with Crippen LogP contribution in [-0.2, 0) is 0 Å². The Kier molecular flexibility index (Phi) is 5.78. The van der Waals surface area contributed by atoms with E-state index < -0.39 is 0 Å². The van der Waals surface area contributed by atoms with Crippen LogP contribution in [0.2, 0.25) is 5.02 Å². The predicted molar refractivity (Wildman–Crippen MR) is 124 cm³/mol. The molecule has 0 bridgehead atoms. The molecule has 4 rings (SSSR count). The Morgan fingerprint density at radius 1 is 0.935 bits per heavy atom. The lowest BCUT2D eigenvalue weighted by Crippen LogP contribution is -2.14. The van der Waals surface area contributed by atoms with Crippen LogP contribution in [0.1, 0.15) is 15.9 Å². The van der Waals surface area contributed by atoms with Crippen molar-refractivity contribution in [1.29, 1.82) is 0 Å². The number of nitrogens with zero attached hydrogens (tertiary/aromatic N) is 1. The molecule has 0 aliphatic rings. The molecule has 4 aromatic rings. The van der Waals surface area contributed by atoms with Crippen molar-refractivity contribution in [2.75, 3.05) is 19.5 Å². The fourth-order valence-electron chi connectivity index (χ4n) is 3.44. The van der Waals surface area contributed by atoms with Gasteiger partial charge in [0.1, 0.15) is 0 Å². The second kappa shape index (κ2) is 8.66. The van der Waals surface area contributed by atoms with Crippen LogP contribution in [0.4, 0.5) is 5.69 Å². The third-order valence-electron chi connectivity index (χ3n) is 5.16. The van der Waals surface area contributed by atoms with Gasteiger partial charge in [-0.05, 0) is 55.0 Å². The van der Waals surface area contributed by atoms with Crippen molar-refractivity contribution in [1.82, 2.24) is 4.98 Å². The second-order valence-corrected chi connectivity index (χ2v) is 7.42. The quantitative estimate of drug-likeness (QED) is 0.412. The number of hydrogen-bond donors (Lipinski definition) is 1. The Balaban J connectivity index is 1.82. The van der Waals surface area contributed by atoms with Crippen LogP contribution >= 0.6 is 11.6 Å². The number of methoxy groups -OCH3 is 2. The summed E-state index contributed by atoms with van der Waals surface area (Å²) in [5.74, 6) is 0.989. The second-order valence-electron chi connectivity index (χ2n) is 7.01. The van der Waals surface area contributed by atoms with E-state index in [2.05, 4.69) is 5.32 Å². The lowest BCUT2D eigenvalue weighted by atomic mass is 10.0. The summed E-state index contributed by atoms with van der Waals surface area (Å²) in [4.78, 5) is 18.0. The van der Waals surface area contributed by atoms with Crippen LogP contribution in [0, 0.1) is 6.92 Å². The van der Waals surface area contributed by atoms with Gasteiger partial charge in [-0.25, -0.2) is 4.98 Å². The maximum atomic E-state index is 13.3. The van der Waals surface area contributed by atoms with E-state index in [9.17, 15) is 4.79 Å². The zero-order valence-corrected chi connectivity index (χ0v) is 18.2. The third-order valence-corrected chi connectivity index (χ3v) is 5.57. The molecule has 156 valence electrons. The normalized spacial score (nSPS) is 10.7. The van der Waals surface area contributed by atoms with E-state index in [1.807, 2.05) is 61.5 Å². The van der Waals surface area contributed by atoms with Crippen LogP contribution in [0.25, 0.3) is 22.2 Å². The van der Waals surface area contributed by atoms with Crippen molar-refractivity contribution in [3.05, 3.63) is 82.9 Å². The molecule has 0 unspecified atom stereocenters.